The lowest BCUT2D eigenvalue weighted by Gasteiger charge is -2.15. The first kappa shape index (κ1) is 8.97. The van der Waals surface area contributed by atoms with Crippen molar-refractivity contribution in [2.75, 3.05) is 5.32 Å². The molecule has 3 N–H and O–H groups in total. The van der Waals surface area contributed by atoms with Crippen molar-refractivity contribution in [3.8, 4) is 0 Å². The van der Waals surface area contributed by atoms with Gasteiger partial charge >= 0.3 is 0 Å². The summed E-state index contributed by atoms with van der Waals surface area (Å²) in [6.45, 7) is 2.01. The number of anilines is 1. The number of hydrogen-bond donors (Lipinski definition) is 2. The van der Waals surface area contributed by atoms with Crippen LogP contribution < -0.4 is 11.1 Å². The Morgan fingerprint density at radius 1 is 1.62 bits per heavy atom. The fourth-order valence-corrected chi connectivity index (χ4v) is 2.50. The van der Waals surface area contributed by atoms with Crippen LogP contribution in [0.3, 0.4) is 0 Å². The largest absolute Gasteiger partial charge is 0.357 e. The van der Waals surface area contributed by atoms with Gasteiger partial charge in [0.2, 0.25) is 0 Å². The lowest BCUT2D eigenvalue weighted by atomic mass is 10.2. The zero-order chi connectivity index (χ0) is 9.26. The minimum Gasteiger partial charge on any atom is -0.357 e. The van der Waals surface area contributed by atoms with E-state index in [1.54, 1.807) is 11.3 Å². The zero-order valence-corrected chi connectivity index (χ0v) is 8.60. The molecule has 1 aromatic heterocycles. The van der Waals surface area contributed by atoms with Crippen molar-refractivity contribution < 1.29 is 0 Å². The molecular weight excluding hydrogens is 182 g/mol. The molecule has 0 bridgehead atoms. The van der Waals surface area contributed by atoms with Crippen LogP contribution in [-0.4, -0.2) is 17.1 Å². The van der Waals surface area contributed by atoms with Gasteiger partial charge in [-0.1, -0.05) is 0 Å². The van der Waals surface area contributed by atoms with Crippen LogP contribution in [0.25, 0.3) is 0 Å². The molecular formula is C9H15N3S. The van der Waals surface area contributed by atoms with E-state index < -0.39 is 0 Å². The van der Waals surface area contributed by atoms with Crippen molar-refractivity contribution in [1.29, 1.82) is 0 Å². The van der Waals surface area contributed by atoms with Crippen LogP contribution in [-0.2, 0) is 0 Å². The molecule has 3 nitrogen and oxygen atoms in total. The zero-order valence-electron chi connectivity index (χ0n) is 7.79. The van der Waals surface area contributed by atoms with Crippen LogP contribution in [0, 0.1) is 6.92 Å². The molecule has 0 saturated heterocycles. The number of hydrogen-bond acceptors (Lipinski definition) is 4. The van der Waals surface area contributed by atoms with E-state index in [4.69, 9.17) is 5.73 Å². The molecule has 1 fully saturated rings. The predicted molar refractivity (Wildman–Crippen MR) is 56.1 cm³/mol. The van der Waals surface area contributed by atoms with Crippen molar-refractivity contribution in [2.45, 2.75) is 38.3 Å². The molecule has 2 rings (SSSR count). The molecule has 1 aliphatic carbocycles. The normalized spacial score (nSPS) is 27.8. The number of thiazole rings is 1. The number of nitrogens with zero attached hydrogens (tertiary/aromatic N) is 1. The first-order valence-electron chi connectivity index (χ1n) is 4.70. The number of nitrogens with one attached hydrogen (secondary N) is 1. The van der Waals surface area contributed by atoms with E-state index in [2.05, 4.69) is 15.7 Å². The molecule has 0 aliphatic heterocycles. The monoisotopic (exact) mass is 197 g/mol. The Labute approximate surface area is 82.4 Å². The Kier molecular flexibility index (Phi) is 2.51. The lowest BCUT2D eigenvalue weighted by Crippen LogP contribution is -2.35. The maximum Gasteiger partial charge on any atom is 0.183 e. The summed E-state index contributed by atoms with van der Waals surface area (Å²) in [6, 6.07) is 0.745. The third-order valence-corrected chi connectivity index (χ3v) is 3.39. The summed E-state index contributed by atoms with van der Waals surface area (Å²) < 4.78 is 0. The average molecular weight is 197 g/mol. The smallest absolute Gasteiger partial charge is 0.183 e. The maximum atomic E-state index is 5.95. The molecule has 0 amide bonds. The Morgan fingerprint density at radius 2 is 2.46 bits per heavy atom. The quantitative estimate of drug-likeness (QED) is 0.759. The molecule has 13 heavy (non-hydrogen) atoms. The summed E-state index contributed by atoms with van der Waals surface area (Å²) in [6.07, 6.45) is 3.56. The van der Waals surface area contributed by atoms with Crippen LogP contribution in [0.1, 0.15) is 25.0 Å². The van der Waals surface area contributed by atoms with Crippen LogP contribution in [0.5, 0.6) is 0 Å². The Bertz CT molecular complexity index is 284. The van der Waals surface area contributed by atoms with Crippen LogP contribution in [0.2, 0.25) is 0 Å². The van der Waals surface area contributed by atoms with Crippen molar-refractivity contribution >= 4 is 16.5 Å². The number of rotatable bonds is 2. The van der Waals surface area contributed by atoms with Crippen molar-refractivity contribution in [1.82, 2.24) is 4.98 Å². The van der Waals surface area contributed by atoms with Crippen molar-refractivity contribution in [3.05, 3.63) is 11.1 Å². The standard InChI is InChI=1S/C9H15N3S/c1-6-5-13-9(11-6)12-8-4-2-3-7(8)10/h5,7-8H,2-4,10H2,1H3,(H,11,12). The van der Waals surface area contributed by atoms with Gasteiger partial charge in [0.25, 0.3) is 0 Å². The molecule has 0 radical (unpaired) electrons. The van der Waals surface area contributed by atoms with Gasteiger partial charge in [-0.3, -0.25) is 0 Å². The van der Waals surface area contributed by atoms with E-state index >= 15 is 0 Å². The molecule has 2 atom stereocenters. The highest BCUT2D eigenvalue weighted by atomic mass is 32.1. The van der Waals surface area contributed by atoms with Gasteiger partial charge in [-0.2, -0.15) is 0 Å². The highest BCUT2D eigenvalue weighted by Crippen LogP contribution is 2.23. The van der Waals surface area contributed by atoms with Gasteiger partial charge in [-0.15, -0.1) is 11.3 Å². The molecule has 1 aliphatic rings. The van der Waals surface area contributed by atoms with Crippen LogP contribution in [0.4, 0.5) is 5.13 Å². The second-order valence-electron chi connectivity index (χ2n) is 3.64. The summed E-state index contributed by atoms with van der Waals surface area (Å²) in [4.78, 5) is 4.36. The number of nitrogens with two attached hydrogens (primary N) is 1. The first-order chi connectivity index (χ1) is 6.25. The van der Waals surface area contributed by atoms with Gasteiger partial charge in [0, 0.05) is 17.5 Å². The van der Waals surface area contributed by atoms with Gasteiger partial charge in [-0.05, 0) is 26.2 Å². The van der Waals surface area contributed by atoms with Gasteiger partial charge in [0.05, 0.1) is 5.69 Å². The van der Waals surface area contributed by atoms with Gasteiger partial charge in [0.15, 0.2) is 5.13 Å². The average Bonchev–Trinajstić information content (AvgIpc) is 2.64. The topological polar surface area (TPSA) is 50.9 Å². The summed E-state index contributed by atoms with van der Waals surface area (Å²) in [5.74, 6) is 0. The van der Waals surface area contributed by atoms with Gasteiger partial charge in [0.1, 0.15) is 0 Å². The van der Waals surface area contributed by atoms with E-state index in [1.165, 1.54) is 12.8 Å². The molecule has 4 heteroatoms. The Balaban J connectivity index is 1.97. The highest BCUT2D eigenvalue weighted by Gasteiger charge is 2.24. The van der Waals surface area contributed by atoms with E-state index in [0.717, 1.165) is 17.2 Å². The fraction of sp³-hybridized carbons (Fsp3) is 0.667. The summed E-state index contributed by atoms with van der Waals surface area (Å²) in [7, 11) is 0. The summed E-state index contributed by atoms with van der Waals surface area (Å²) in [5.41, 5.74) is 7.03. The minimum absolute atomic E-state index is 0.309. The predicted octanol–water partition coefficient (Wildman–Crippen LogP) is 1.74. The molecule has 2 unspecified atom stereocenters. The van der Waals surface area contributed by atoms with E-state index in [9.17, 15) is 0 Å². The number of aromatic nitrogens is 1. The molecule has 1 aromatic rings. The third-order valence-electron chi connectivity index (χ3n) is 2.50. The first-order valence-corrected chi connectivity index (χ1v) is 5.58. The lowest BCUT2D eigenvalue weighted by molar-refractivity contribution is 0.637. The maximum absolute atomic E-state index is 5.95. The van der Waals surface area contributed by atoms with Gasteiger partial charge < -0.3 is 11.1 Å². The molecule has 1 saturated carbocycles. The fourth-order valence-electron chi connectivity index (χ4n) is 1.75. The van der Waals surface area contributed by atoms with Crippen LogP contribution >= 0.6 is 11.3 Å². The van der Waals surface area contributed by atoms with Crippen molar-refractivity contribution in [2.24, 2.45) is 5.73 Å². The second-order valence-corrected chi connectivity index (χ2v) is 4.50. The van der Waals surface area contributed by atoms with E-state index in [1.807, 2.05) is 6.92 Å². The van der Waals surface area contributed by atoms with Crippen molar-refractivity contribution in [3.63, 3.8) is 0 Å². The Hall–Kier alpha value is -0.610. The molecule has 0 aromatic carbocycles. The van der Waals surface area contributed by atoms with Gasteiger partial charge in [-0.25, -0.2) is 4.98 Å². The Morgan fingerprint density at radius 3 is 3.00 bits per heavy atom. The molecule has 1 heterocycles. The van der Waals surface area contributed by atoms with Crippen LogP contribution in [0.15, 0.2) is 5.38 Å². The summed E-state index contributed by atoms with van der Waals surface area (Å²) in [5, 5.41) is 6.47. The highest BCUT2D eigenvalue weighted by molar-refractivity contribution is 7.13. The minimum atomic E-state index is 0.309. The van der Waals surface area contributed by atoms with E-state index in [-0.39, 0.29) is 0 Å². The molecule has 0 spiro atoms. The number of aryl methyl sites for hydroxylation is 1. The molecule has 72 valence electrons. The summed E-state index contributed by atoms with van der Waals surface area (Å²) >= 11 is 1.66. The SMILES string of the molecule is Cc1csc(NC2CCCC2N)n1. The third kappa shape index (κ3) is 2.00. The van der Waals surface area contributed by atoms with E-state index in [0.29, 0.717) is 12.1 Å². The second kappa shape index (κ2) is 3.64.